The first-order valence-corrected chi connectivity index (χ1v) is 10.9. The smallest absolute Gasteiger partial charge is 0.425 e. The number of alkyl halides is 3. The SMILES string of the molecule is CCOC(=O)C1Cc2ccc#cc2CN1c1nc(C)n(Cc2ccc(C(F)(F)F)s2)c(=O)n1. The number of carbonyl (C=O) groups excluding carboxylic acids is 1. The molecular formula is C22H19F3N4O3S. The highest BCUT2D eigenvalue weighted by atomic mass is 32.1. The van der Waals surface area contributed by atoms with E-state index in [1.54, 1.807) is 24.8 Å². The first kappa shape index (κ1) is 22.8. The van der Waals surface area contributed by atoms with Crippen molar-refractivity contribution in [1.29, 1.82) is 0 Å². The Kier molecular flexibility index (Phi) is 6.12. The summed E-state index contributed by atoms with van der Waals surface area (Å²) < 4.78 is 45.1. The Morgan fingerprint density at radius 3 is 2.76 bits per heavy atom. The van der Waals surface area contributed by atoms with Gasteiger partial charge in [0.05, 0.1) is 19.7 Å². The van der Waals surface area contributed by atoms with E-state index in [1.165, 1.54) is 10.6 Å². The summed E-state index contributed by atoms with van der Waals surface area (Å²) in [5.41, 5.74) is 1.06. The molecule has 0 bridgehead atoms. The van der Waals surface area contributed by atoms with Gasteiger partial charge in [-0.2, -0.15) is 23.1 Å². The molecular weight excluding hydrogens is 457 g/mol. The first-order valence-electron chi connectivity index (χ1n) is 10.1. The fourth-order valence-corrected chi connectivity index (χ4v) is 4.50. The van der Waals surface area contributed by atoms with Crippen LogP contribution in [0.25, 0.3) is 0 Å². The maximum atomic E-state index is 12.9. The molecule has 3 aromatic rings. The number of ether oxygens (including phenoxy) is 1. The summed E-state index contributed by atoms with van der Waals surface area (Å²) in [7, 11) is 0. The van der Waals surface area contributed by atoms with Crippen LogP contribution in [0.1, 0.15) is 33.6 Å². The molecule has 1 aliphatic rings. The summed E-state index contributed by atoms with van der Waals surface area (Å²) in [6.07, 6.45) is -4.11. The lowest BCUT2D eigenvalue weighted by Crippen LogP contribution is -2.48. The highest BCUT2D eigenvalue weighted by Crippen LogP contribution is 2.34. The number of carbonyl (C=O) groups is 1. The third kappa shape index (κ3) is 4.71. The van der Waals surface area contributed by atoms with Gasteiger partial charge in [0.15, 0.2) is 0 Å². The molecule has 11 heteroatoms. The zero-order valence-electron chi connectivity index (χ0n) is 17.8. The second-order valence-corrected chi connectivity index (χ2v) is 8.58. The van der Waals surface area contributed by atoms with E-state index in [-0.39, 0.29) is 31.5 Å². The number of halogens is 3. The van der Waals surface area contributed by atoms with E-state index in [1.807, 2.05) is 6.07 Å². The lowest BCUT2D eigenvalue weighted by molar-refractivity contribution is -0.145. The molecule has 0 saturated carbocycles. The van der Waals surface area contributed by atoms with Crippen LogP contribution in [0, 0.1) is 19.1 Å². The quantitative estimate of drug-likeness (QED) is 0.527. The number of aromatic nitrogens is 3. The van der Waals surface area contributed by atoms with Gasteiger partial charge >= 0.3 is 17.8 Å². The fourth-order valence-electron chi connectivity index (χ4n) is 3.64. The van der Waals surface area contributed by atoms with Gasteiger partial charge in [-0.1, -0.05) is 12.1 Å². The van der Waals surface area contributed by atoms with Crippen molar-refractivity contribution in [2.24, 2.45) is 0 Å². The minimum absolute atomic E-state index is 0.0527. The third-order valence-electron chi connectivity index (χ3n) is 5.25. The average molecular weight is 476 g/mol. The molecule has 7 nitrogen and oxygen atoms in total. The predicted molar refractivity (Wildman–Crippen MR) is 114 cm³/mol. The van der Waals surface area contributed by atoms with Crippen LogP contribution in [0.2, 0.25) is 0 Å². The number of thiophene rings is 1. The van der Waals surface area contributed by atoms with E-state index < -0.39 is 28.8 Å². The molecule has 0 fully saturated rings. The molecule has 1 aliphatic heterocycles. The van der Waals surface area contributed by atoms with Crippen LogP contribution in [0.3, 0.4) is 0 Å². The van der Waals surface area contributed by atoms with Crippen molar-refractivity contribution >= 4 is 23.3 Å². The van der Waals surface area contributed by atoms with Crippen molar-refractivity contribution in [2.45, 2.75) is 45.6 Å². The van der Waals surface area contributed by atoms with Crippen LogP contribution in [-0.4, -0.2) is 33.2 Å². The molecule has 0 N–H and O–H groups in total. The minimum atomic E-state index is -4.44. The Bertz CT molecular complexity index is 1240. The number of nitrogens with zero attached hydrogens (tertiary/aromatic N) is 4. The Morgan fingerprint density at radius 1 is 1.30 bits per heavy atom. The van der Waals surface area contributed by atoms with Gasteiger partial charge in [0.2, 0.25) is 5.95 Å². The van der Waals surface area contributed by atoms with Crippen LogP contribution >= 0.6 is 11.3 Å². The van der Waals surface area contributed by atoms with Crippen LogP contribution in [0.5, 0.6) is 0 Å². The number of esters is 1. The van der Waals surface area contributed by atoms with Crippen molar-refractivity contribution in [3.63, 3.8) is 0 Å². The molecule has 172 valence electrons. The monoisotopic (exact) mass is 476 g/mol. The van der Waals surface area contributed by atoms with E-state index in [4.69, 9.17) is 4.74 Å². The Balaban J connectivity index is 1.66. The largest absolute Gasteiger partial charge is 0.464 e. The summed E-state index contributed by atoms with van der Waals surface area (Å²) in [6, 6.07) is 11.1. The molecule has 1 atom stereocenters. The number of aryl methyl sites for hydroxylation is 1. The van der Waals surface area contributed by atoms with Crippen LogP contribution in [0.15, 0.2) is 29.1 Å². The molecule has 0 radical (unpaired) electrons. The van der Waals surface area contributed by atoms with Gasteiger partial charge < -0.3 is 9.64 Å². The van der Waals surface area contributed by atoms with Gasteiger partial charge in [-0.15, -0.1) is 11.3 Å². The van der Waals surface area contributed by atoms with Crippen LogP contribution < -0.4 is 10.6 Å². The molecule has 2 aromatic heterocycles. The third-order valence-corrected chi connectivity index (χ3v) is 6.36. The summed E-state index contributed by atoms with van der Waals surface area (Å²) in [6.45, 7) is 3.63. The van der Waals surface area contributed by atoms with Gasteiger partial charge in [0.1, 0.15) is 16.7 Å². The fraction of sp³-hybridized carbons (Fsp3) is 0.364. The number of hydrogen-bond acceptors (Lipinski definition) is 7. The molecule has 1 unspecified atom stereocenters. The zero-order valence-corrected chi connectivity index (χ0v) is 18.6. The topological polar surface area (TPSA) is 77.3 Å². The Labute approximate surface area is 191 Å². The number of rotatable bonds is 5. The normalized spacial score (nSPS) is 15.7. The van der Waals surface area contributed by atoms with E-state index in [9.17, 15) is 22.8 Å². The zero-order chi connectivity index (χ0) is 23.8. The van der Waals surface area contributed by atoms with E-state index >= 15 is 0 Å². The number of anilines is 1. The second-order valence-electron chi connectivity index (χ2n) is 7.41. The summed E-state index contributed by atoms with van der Waals surface area (Å²) in [4.78, 5) is 35.1. The molecule has 0 spiro atoms. The molecule has 33 heavy (non-hydrogen) atoms. The Hall–Kier alpha value is -3.39. The number of hydrogen-bond donors (Lipinski definition) is 0. The molecule has 3 heterocycles. The first-order chi connectivity index (χ1) is 15.7. The van der Waals surface area contributed by atoms with Crippen molar-refractivity contribution < 1.29 is 22.7 Å². The van der Waals surface area contributed by atoms with Crippen molar-refractivity contribution in [1.82, 2.24) is 14.5 Å². The number of fused-ring (bicyclic) bond motifs is 1. The highest BCUT2D eigenvalue weighted by Gasteiger charge is 2.35. The molecule has 0 amide bonds. The van der Waals surface area contributed by atoms with Gasteiger partial charge in [-0.25, -0.2) is 9.59 Å². The standard InChI is InChI=1S/C22H19F3N4O3S/c1-3-32-19(30)17-10-14-6-4-5-7-15(14)11-29(17)20-26-13(2)28(21(31)27-20)12-16-8-9-18(33-16)22(23,24)25/h4,6,8-9,17H,3,10-12H2,1-2H3. The van der Waals surface area contributed by atoms with Gasteiger partial charge in [-0.3, -0.25) is 4.57 Å². The average Bonchev–Trinajstić information content (AvgIpc) is 3.25. The van der Waals surface area contributed by atoms with Gasteiger partial charge in [0.25, 0.3) is 0 Å². The van der Waals surface area contributed by atoms with E-state index in [0.717, 1.165) is 17.2 Å². The lowest BCUT2D eigenvalue weighted by atomic mass is 9.95. The summed E-state index contributed by atoms with van der Waals surface area (Å²) >= 11 is 0.567. The van der Waals surface area contributed by atoms with E-state index in [0.29, 0.717) is 22.6 Å². The van der Waals surface area contributed by atoms with Crippen molar-refractivity contribution in [3.05, 3.63) is 73.6 Å². The predicted octanol–water partition coefficient (Wildman–Crippen LogP) is 3.17. The molecule has 0 aliphatic carbocycles. The van der Waals surface area contributed by atoms with E-state index in [2.05, 4.69) is 22.1 Å². The second kappa shape index (κ2) is 8.86. The van der Waals surface area contributed by atoms with Crippen LogP contribution in [-0.2, 0) is 35.2 Å². The maximum absolute atomic E-state index is 12.9. The van der Waals surface area contributed by atoms with Gasteiger partial charge in [-0.05, 0) is 43.7 Å². The van der Waals surface area contributed by atoms with Crippen molar-refractivity contribution in [3.8, 4) is 0 Å². The van der Waals surface area contributed by atoms with Crippen LogP contribution in [0.4, 0.5) is 19.1 Å². The highest BCUT2D eigenvalue weighted by molar-refractivity contribution is 7.12. The molecule has 1 aromatic carbocycles. The molecule has 0 saturated heterocycles. The minimum Gasteiger partial charge on any atom is -0.464 e. The summed E-state index contributed by atoms with van der Waals surface area (Å²) in [5.74, 6) is -0.138. The summed E-state index contributed by atoms with van der Waals surface area (Å²) in [5, 5.41) is 0. The Morgan fingerprint density at radius 2 is 2.09 bits per heavy atom. The maximum Gasteiger partial charge on any atom is 0.425 e. The van der Waals surface area contributed by atoms with Crippen molar-refractivity contribution in [2.75, 3.05) is 11.5 Å². The van der Waals surface area contributed by atoms with Gasteiger partial charge in [0, 0.05) is 16.9 Å². The lowest BCUT2D eigenvalue weighted by Gasteiger charge is -2.34. The molecule has 4 rings (SSSR count).